The van der Waals surface area contributed by atoms with Crippen LogP contribution in [0.3, 0.4) is 0 Å². The van der Waals surface area contributed by atoms with Gasteiger partial charge in [0.25, 0.3) is 0 Å². The largest absolute Gasteiger partial charge is 0.444 e. The maximum atomic E-state index is 12.0. The van der Waals surface area contributed by atoms with E-state index in [0.29, 0.717) is 19.7 Å². The van der Waals surface area contributed by atoms with Crippen molar-refractivity contribution in [2.75, 3.05) is 19.7 Å². The third-order valence-electron chi connectivity index (χ3n) is 2.80. The van der Waals surface area contributed by atoms with Gasteiger partial charge >= 0.3 is 6.09 Å². The van der Waals surface area contributed by atoms with Gasteiger partial charge in [0.05, 0.1) is 13.2 Å². The zero-order valence-corrected chi connectivity index (χ0v) is 11.9. The summed E-state index contributed by atoms with van der Waals surface area (Å²) in [7, 11) is 0. The summed E-state index contributed by atoms with van der Waals surface area (Å²) in [5, 5.41) is 0. The van der Waals surface area contributed by atoms with Crippen LogP contribution in [0.4, 0.5) is 4.79 Å². The molecule has 1 fully saturated rings. The van der Waals surface area contributed by atoms with E-state index in [0.717, 1.165) is 0 Å². The highest BCUT2D eigenvalue weighted by molar-refractivity contribution is 5.68. The standard InChI is InChI=1S/C12H24N2O4/c1-11(2,3)17-10(15)14-6-7-16-9(8-14)12(4,5)18-13/h9H,6-8,13H2,1-5H3. The Labute approximate surface area is 108 Å². The molecule has 0 aliphatic carbocycles. The number of amides is 1. The molecule has 0 radical (unpaired) electrons. The van der Waals surface area contributed by atoms with Crippen LogP contribution < -0.4 is 5.90 Å². The normalized spacial score (nSPS) is 21.9. The summed E-state index contributed by atoms with van der Waals surface area (Å²) in [5.74, 6) is 5.25. The van der Waals surface area contributed by atoms with Gasteiger partial charge in [-0.25, -0.2) is 10.7 Å². The number of hydrogen-bond donors (Lipinski definition) is 1. The fourth-order valence-corrected chi connectivity index (χ4v) is 1.64. The molecule has 0 saturated carbocycles. The molecule has 1 saturated heterocycles. The lowest BCUT2D eigenvalue weighted by atomic mass is 10.0. The Hall–Kier alpha value is -0.850. The smallest absolute Gasteiger partial charge is 0.410 e. The van der Waals surface area contributed by atoms with E-state index in [1.54, 1.807) is 4.90 Å². The van der Waals surface area contributed by atoms with Crippen molar-refractivity contribution in [2.24, 2.45) is 5.90 Å². The van der Waals surface area contributed by atoms with Crippen molar-refractivity contribution in [1.29, 1.82) is 0 Å². The van der Waals surface area contributed by atoms with Crippen LogP contribution in [-0.4, -0.2) is 48.0 Å². The average molecular weight is 260 g/mol. The van der Waals surface area contributed by atoms with Crippen molar-refractivity contribution in [3.63, 3.8) is 0 Å². The SMILES string of the molecule is CC(C)(C)OC(=O)N1CCOC(C(C)(C)ON)C1. The summed E-state index contributed by atoms with van der Waals surface area (Å²) in [4.78, 5) is 18.5. The lowest BCUT2D eigenvalue weighted by molar-refractivity contribution is -0.154. The zero-order chi connectivity index (χ0) is 14.0. The monoisotopic (exact) mass is 260 g/mol. The van der Waals surface area contributed by atoms with Crippen molar-refractivity contribution in [1.82, 2.24) is 4.90 Å². The van der Waals surface area contributed by atoms with Crippen molar-refractivity contribution >= 4 is 6.09 Å². The second-order valence-electron chi connectivity index (χ2n) is 6.01. The minimum Gasteiger partial charge on any atom is -0.444 e. The van der Waals surface area contributed by atoms with E-state index in [-0.39, 0.29) is 12.2 Å². The molecule has 106 valence electrons. The molecular formula is C12H24N2O4. The summed E-state index contributed by atoms with van der Waals surface area (Å²) in [6.45, 7) is 10.6. The lowest BCUT2D eigenvalue weighted by Gasteiger charge is -2.40. The van der Waals surface area contributed by atoms with Gasteiger partial charge in [-0.1, -0.05) is 0 Å². The fraction of sp³-hybridized carbons (Fsp3) is 0.917. The predicted octanol–water partition coefficient (Wildman–Crippen LogP) is 1.29. The number of ether oxygens (including phenoxy) is 2. The van der Waals surface area contributed by atoms with Crippen molar-refractivity contribution in [3.8, 4) is 0 Å². The van der Waals surface area contributed by atoms with Crippen LogP contribution in [0.25, 0.3) is 0 Å². The number of morpholine rings is 1. The summed E-state index contributed by atoms with van der Waals surface area (Å²) < 4.78 is 10.9. The zero-order valence-electron chi connectivity index (χ0n) is 11.9. The van der Waals surface area contributed by atoms with Crippen LogP contribution in [-0.2, 0) is 14.3 Å². The van der Waals surface area contributed by atoms with Crippen molar-refractivity contribution in [2.45, 2.75) is 51.9 Å². The molecule has 1 aliphatic rings. The van der Waals surface area contributed by atoms with Crippen molar-refractivity contribution < 1.29 is 19.1 Å². The molecule has 0 aromatic rings. The molecule has 1 unspecified atom stereocenters. The van der Waals surface area contributed by atoms with Gasteiger partial charge in [-0.3, -0.25) is 4.84 Å². The Bertz CT molecular complexity index is 299. The molecule has 0 spiro atoms. The number of carbonyl (C=O) groups is 1. The predicted molar refractivity (Wildman–Crippen MR) is 66.9 cm³/mol. The Morgan fingerprint density at radius 2 is 1.94 bits per heavy atom. The van der Waals surface area contributed by atoms with Crippen LogP contribution >= 0.6 is 0 Å². The van der Waals surface area contributed by atoms with Gasteiger partial charge in [0.2, 0.25) is 0 Å². The van der Waals surface area contributed by atoms with Gasteiger partial charge in [-0.15, -0.1) is 0 Å². The van der Waals surface area contributed by atoms with Gasteiger partial charge in [0, 0.05) is 6.54 Å². The van der Waals surface area contributed by atoms with E-state index >= 15 is 0 Å². The topological polar surface area (TPSA) is 74.0 Å². The summed E-state index contributed by atoms with van der Waals surface area (Å²) in [5.41, 5.74) is -1.13. The molecule has 1 aliphatic heterocycles. The van der Waals surface area contributed by atoms with Crippen molar-refractivity contribution in [3.05, 3.63) is 0 Å². The molecule has 1 heterocycles. The van der Waals surface area contributed by atoms with Gasteiger partial charge in [-0.05, 0) is 34.6 Å². The molecule has 6 heteroatoms. The van der Waals surface area contributed by atoms with E-state index < -0.39 is 11.2 Å². The average Bonchev–Trinajstić information content (AvgIpc) is 2.27. The number of carbonyl (C=O) groups excluding carboxylic acids is 1. The van der Waals surface area contributed by atoms with Gasteiger partial charge in [0.1, 0.15) is 17.3 Å². The highest BCUT2D eigenvalue weighted by Crippen LogP contribution is 2.21. The van der Waals surface area contributed by atoms with Crippen LogP contribution in [0.2, 0.25) is 0 Å². The van der Waals surface area contributed by atoms with E-state index in [1.807, 2.05) is 34.6 Å². The van der Waals surface area contributed by atoms with E-state index in [4.69, 9.17) is 20.2 Å². The molecule has 0 bridgehead atoms. The first kappa shape index (κ1) is 15.2. The highest BCUT2D eigenvalue weighted by Gasteiger charge is 2.37. The van der Waals surface area contributed by atoms with Gasteiger partial charge < -0.3 is 14.4 Å². The minimum absolute atomic E-state index is 0.260. The number of nitrogens with zero attached hydrogens (tertiary/aromatic N) is 1. The summed E-state index contributed by atoms with van der Waals surface area (Å²) in [6.07, 6.45) is -0.590. The van der Waals surface area contributed by atoms with E-state index in [2.05, 4.69) is 0 Å². The molecule has 1 rings (SSSR count). The molecular weight excluding hydrogens is 236 g/mol. The second kappa shape index (κ2) is 5.42. The van der Waals surface area contributed by atoms with Crippen LogP contribution in [0, 0.1) is 0 Å². The quantitative estimate of drug-likeness (QED) is 0.757. The molecule has 1 amide bonds. The summed E-state index contributed by atoms with van der Waals surface area (Å²) in [6, 6.07) is 0. The Balaban J connectivity index is 2.61. The highest BCUT2D eigenvalue weighted by atomic mass is 16.7. The van der Waals surface area contributed by atoms with E-state index in [1.165, 1.54) is 0 Å². The molecule has 6 nitrogen and oxygen atoms in total. The minimum atomic E-state index is -0.638. The Kier molecular flexibility index (Phi) is 4.58. The number of hydrogen-bond acceptors (Lipinski definition) is 5. The lowest BCUT2D eigenvalue weighted by Crippen LogP contribution is -2.55. The second-order valence-corrected chi connectivity index (χ2v) is 6.01. The molecule has 0 aromatic carbocycles. The molecule has 1 atom stereocenters. The summed E-state index contributed by atoms with van der Waals surface area (Å²) >= 11 is 0. The van der Waals surface area contributed by atoms with E-state index in [9.17, 15) is 4.79 Å². The third kappa shape index (κ3) is 4.12. The Morgan fingerprint density at radius 1 is 1.33 bits per heavy atom. The molecule has 2 N–H and O–H groups in total. The fourth-order valence-electron chi connectivity index (χ4n) is 1.64. The van der Waals surface area contributed by atoms with Crippen LogP contribution in [0.1, 0.15) is 34.6 Å². The number of nitrogens with two attached hydrogens (primary N) is 1. The number of rotatable bonds is 2. The van der Waals surface area contributed by atoms with Gasteiger partial charge in [-0.2, -0.15) is 0 Å². The van der Waals surface area contributed by atoms with Crippen LogP contribution in [0.5, 0.6) is 0 Å². The molecule has 18 heavy (non-hydrogen) atoms. The third-order valence-corrected chi connectivity index (χ3v) is 2.80. The first-order chi connectivity index (χ1) is 8.15. The maximum absolute atomic E-state index is 12.0. The maximum Gasteiger partial charge on any atom is 0.410 e. The van der Waals surface area contributed by atoms with Crippen LogP contribution in [0.15, 0.2) is 0 Å². The first-order valence-electron chi connectivity index (χ1n) is 6.13. The first-order valence-corrected chi connectivity index (χ1v) is 6.13. The Morgan fingerprint density at radius 3 is 2.44 bits per heavy atom. The molecule has 0 aromatic heterocycles. The van der Waals surface area contributed by atoms with Gasteiger partial charge in [0.15, 0.2) is 0 Å².